The highest BCUT2D eigenvalue weighted by Crippen LogP contribution is 2.21. The molecule has 2 aromatic carbocycles. The van der Waals surface area contributed by atoms with Crippen LogP contribution in [0.5, 0.6) is 0 Å². The Hall–Kier alpha value is -2.22. The number of rotatable bonds is 4. The Morgan fingerprint density at radius 2 is 1.60 bits per heavy atom. The quantitative estimate of drug-likeness (QED) is 0.751. The minimum absolute atomic E-state index is 0.120. The molecular formula is C23H29N3O3S. The summed E-state index contributed by atoms with van der Waals surface area (Å²) in [6, 6.07) is 13.6. The van der Waals surface area contributed by atoms with E-state index in [4.69, 9.17) is 0 Å². The Balaban J connectivity index is 1.33. The third-order valence-corrected chi connectivity index (χ3v) is 8.18. The molecule has 0 atom stereocenters. The van der Waals surface area contributed by atoms with Gasteiger partial charge in [-0.2, -0.15) is 4.31 Å². The molecule has 2 heterocycles. The van der Waals surface area contributed by atoms with E-state index in [2.05, 4.69) is 17.0 Å². The number of benzene rings is 2. The monoisotopic (exact) mass is 427 g/mol. The molecule has 0 bridgehead atoms. The first kappa shape index (κ1) is 21.0. The zero-order chi connectivity index (χ0) is 21.3. The van der Waals surface area contributed by atoms with Crippen LogP contribution in [0, 0.1) is 13.8 Å². The molecule has 2 aromatic rings. The van der Waals surface area contributed by atoms with Gasteiger partial charge in [-0.15, -0.1) is 0 Å². The van der Waals surface area contributed by atoms with E-state index in [-0.39, 0.29) is 5.91 Å². The topological polar surface area (TPSA) is 60.9 Å². The third kappa shape index (κ3) is 4.29. The van der Waals surface area contributed by atoms with Gasteiger partial charge in [0, 0.05) is 39.3 Å². The highest BCUT2D eigenvalue weighted by molar-refractivity contribution is 7.89. The lowest BCUT2D eigenvalue weighted by Gasteiger charge is -2.35. The second-order valence-corrected chi connectivity index (χ2v) is 10.2. The average Bonchev–Trinajstić information content (AvgIpc) is 2.75. The summed E-state index contributed by atoms with van der Waals surface area (Å²) in [6.45, 7) is 7.61. The summed E-state index contributed by atoms with van der Waals surface area (Å²) in [6.07, 6.45) is 0.893. The van der Waals surface area contributed by atoms with Gasteiger partial charge in [-0.05, 0) is 54.7 Å². The first-order chi connectivity index (χ1) is 14.3. The maximum absolute atomic E-state index is 13.0. The summed E-state index contributed by atoms with van der Waals surface area (Å²) in [5, 5.41) is 0. The zero-order valence-corrected chi connectivity index (χ0v) is 18.5. The van der Waals surface area contributed by atoms with Gasteiger partial charge in [0.2, 0.25) is 15.9 Å². The molecule has 4 rings (SSSR count). The number of amides is 1. The van der Waals surface area contributed by atoms with Crippen LogP contribution in [0.1, 0.15) is 22.3 Å². The van der Waals surface area contributed by atoms with Crippen molar-refractivity contribution in [3.8, 4) is 0 Å². The first-order valence-corrected chi connectivity index (χ1v) is 11.9. The largest absolute Gasteiger partial charge is 0.337 e. The van der Waals surface area contributed by atoms with Crippen molar-refractivity contribution in [2.45, 2.75) is 31.7 Å². The lowest BCUT2D eigenvalue weighted by Crippen LogP contribution is -2.51. The molecule has 0 aromatic heterocycles. The van der Waals surface area contributed by atoms with Gasteiger partial charge >= 0.3 is 0 Å². The molecule has 7 heteroatoms. The summed E-state index contributed by atoms with van der Waals surface area (Å²) < 4.78 is 27.5. The minimum Gasteiger partial charge on any atom is -0.337 e. The van der Waals surface area contributed by atoms with Gasteiger partial charge in [-0.1, -0.05) is 30.3 Å². The number of hydrogen-bond donors (Lipinski definition) is 0. The molecule has 0 unspecified atom stereocenters. The van der Waals surface area contributed by atoms with E-state index >= 15 is 0 Å². The molecule has 0 N–H and O–H groups in total. The second-order valence-electron chi connectivity index (χ2n) is 8.26. The molecule has 160 valence electrons. The summed E-state index contributed by atoms with van der Waals surface area (Å²) in [5.74, 6) is 0.120. The van der Waals surface area contributed by atoms with E-state index in [1.54, 1.807) is 12.1 Å². The van der Waals surface area contributed by atoms with Crippen molar-refractivity contribution in [2.24, 2.45) is 0 Å². The highest BCUT2D eigenvalue weighted by atomic mass is 32.2. The molecule has 0 radical (unpaired) electrons. The van der Waals surface area contributed by atoms with Crippen LogP contribution in [0.15, 0.2) is 47.4 Å². The van der Waals surface area contributed by atoms with E-state index in [0.717, 1.165) is 24.1 Å². The summed E-state index contributed by atoms with van der Waals surface area (Å²) in [5.41, 5.74) is 4.61. The van der Waals surface area contributed by atoms with Gasteiger partial charge in [-0.3, -0.25) is 9.69 Å². The van der Waals surface area contributed by atoms with Crippen molar-refractivity contribution in [3.63, 3.8) is 0 Å². The van der Waals surface area contributed by atoms with Crippen molar-refractivity contribution in [2.75, 3.05) is 39.3 Å². The smallest absolute Gasteiger partial charge is 0.243 e. The van der Waals surface area contributed by atoms with E-state index in [9.17, 15) is 13.2 Å². The first-order valence-electron chi connectivity index (χ1n) is 10.5. The summed E-state index contributed by atoms with van der Waals surface area (Å²) in [4.78, 5) is 17.1. The SMILES string of the molecule is Cc1ccc(S(=O)(=O)N2CCN(CC(=O)N3CCc4ccccc4C3)CC2)cc1C. The van der Waals surface area contributed by atoms with Crippen molar-refractivity contribution in [3.05, 3.63) is 64.7 Å². The molecule has 1 saturated heterocycles. The van der Waals surface area contributed by atoms with Crippen LogP contribution in [0.25, 0.3) is 0 Å². The van der Waals surface area contributed by atoms with E-state index in [0.29, 0.717) is 44.2 Å². The fourth-order valence-electron chi connectivity index (χ4n) is 4.15. The second kappa shape index (κ2) is 8.49. The fraction of sp³-hybridized carbons (Fsp3) is 0.435. The number of hydrogen-bond acceptors (Lipinski definition) is 4. The molecule has 1 amide bonds. The van der Waals surface area contributed by atoms with Crippen LogP contribution in [0.2, 0.25) is 0 Å². The molecule has 1 fully saturated rings. The predicted octanol–water partition coefficient (Wildman–Crippen LogP) is 2.19. The van der Waals surface area contributed by atoms with Gasteiger partial charge in [-0.25, -0.2) is 8.42 Å². The number of carbonyl (C=O) groups excluding carboxylic acids is 1. The van der Waals surface area contributed by atoms with Gasteiger partial charge in [0.1, 0.15) is 0 Å². The molecule has 0 saturated carbocycles. The molecule has 30 heavy (non-hydrogen) atoms. The minimum atomic E-state index is -3.50. The Kier molecular flexibility index (Phi) is 5.95. The lowest BCUT2D eigenvalue weighted by atomic mass is 10.00. The van der Waals surface area contributed by atoms with Crippen LogP contribution >= 0.6 is 0 Å². The van der Waals surface area contributed by atoms with Crippen molar-refractivity contribution in [1.29, 1.82) is 0 Å². The van der Waals surface area contributed by atoms with Gasteiger partial charge in [0.15, 0.2) is 0 Å². The van der Waals surface area contributed by atoms with E-state index in [1.165, 1.54) is 15.4 Å². The molecule has 2 aliphatic heterocycles. The molecule has 0 aliphatic carbocycles. The van der Waals surface area contributed by atoms with Crippen LogP contribution in [0.3, 0.4) is 0 Å². The van der Waals surface area contributed by atoms with Crippen molar-refractivity contribution < 1.29 is 13.2 Å². The maximum Gasteiger partial charge on any atom is 0.243 e. The Bertz CT molecular complexity index is 1040. The fourth-order valence-corrected chi connectivity index (χ4v) is 5.66. The molecule has 2 aliphatic rings. The van der Waals surface area contributed by atoms with E-state index < -0.39 is 10.0 Å². The highest BCUT2D eigenvalue weighted by Gasteiger charge is 2.30. The normalized spacial score (nSPS) is 18.3. The Morgan fingerprint density at radius 1 is 0.900 bits per heavy atom. The standard InChI is InChI=1S/C23H29N3O3S/c1-18-7-8-22(15-19(18)2)30(28,29)26-13-11-24(12-14-26)17-23(27)25-10-9-20-5-3-4-6-21(20)16-25/h3-8,15H,9-14,16-17H2,1-2H3. The lowest BCUT2D eigenvalue weighted by molar-refractivity contribution is -0.133. The number of piperazine rings is 1. The van der Waals surface area contributed by atoms with Crippen LogP contribution < -0.4 is 0 Å². The molecular weight excluding hydrogens is 398 g/mol. The van der Waals surface area contributed by atoms with Gasteiger partial charge in [0.25, 0.3) is 0 Å². The van der Waals surface area contributed by atoms with Crippen LogP contribution in [-0.2, 0) is 27.8 Å². The number of aryl methyl sites for hydroxylation is 2. The van der Waals surface area contributed by atoms with Gasteiger partial charge < -0.3 is 4.90 Å². The van der Waals surface area contributed by atoms with Crippen molar-refractivity contribution >= 4 is 15.9 Å². The molecule has 0 spiro atoms. The Morgan fingerprint density at radius 3 is 2.30 bits per heavy atom. The zero-order valence-electron chi connectivity index (χ0n) is 17.7. The third-order valence-electron chi connectivity index (χ3n) is 6.29. The number of nitrogens with zero attached hydrogens (tertiary/aromatic N) is 3. The number of fused-ring (bicyclic) bond motifs is 1. The molecule has 6 nitrogen and oxygen atoms in total. The van der Waals surface area contributed by atoms with Crippen LogP contribution in [0.4, 0.5) is 0 Å². The Labute approximate surface area is 179 Å². The van der Waals surface area contributed by atoms with Gasteiger partial charge in [0.05, 0.1) is 11.4 Å². The maximum atomic E-state index is 13.0. The van der Waals surface area contributed by atoms with Crippen molar-refractivity contribution in [1.82, 2.24) is 14.1 Å². The average molecular weight is 428 g/mol. The van der Waals surface area contributed by atoms with E-state index in [1.807, 2.05) is 36.9 Å². The number of carbonyl (C=O) groups is 1. The van der Waals surface area contributed by atoms with Crippen LogP contribution in [-0.4, -0.2) is 67.7 Å². The summed E-state index contributed by atoms with van der Waals surface area (Å²) >= 11 is 0. The predicted molar refractivity (Wildman–Crippen MR) is 117 cm³/mol. The number of sulfonamides is 1. The summed E-state index contributed by atoms with van der Waals surface area (Å²) in [7, 11) is -3.50.